The third kappa shape index (κ3) is 2.31. The molecule has 18 heavy (non-hydrogen) atoms. The number of nitrogens with zero attached hydrogens (tertiary/aromatic N) is 1. The van der Waals surface area contributed by atoms with Gasteiger partial charge in [0.15, 0.2) is 0 Å². The van der Waals surface area contributed by atoms with Gasteiger partial charge in [0.2, 0.25) is 5.82 Å². The van der Waals surface area contributed by atoms with Crippen LogP contribution in [0, 0.1) is 0 Å². The maximum absolute atomic E-state index is 12.5. The Balaban J connectivity index is 2.67. The zero-order valence-electron chi connectivity index (χ0n) is 8.25. The van der Waals surface area contributed by atoms with Crippen LogP contribution in [0.15, 0.2) is 16.6 Å². The number of aromatic nitrogens is 2. The van der Waals surface area contributed by atoms with Crippen LogP contribution >= 0.6 is 15.9 Å². The van der Waals surface area contributed by atoms with Gasteiger partial charge in [-0.2, -0.15) is 26.3 Å². The number of hydrogen-bond acceptors (Lipinski definition) is 1. The van der Waals surface area contributed by atoms with Crippen molar-refractivity contribution in [2.45, 2.75) is 12.4 Å². The Labute approximate surface area is 104 Å². The molecule has 0 spiro atoms. The van der Waals surface area contributed by atoms with Crippen molar-refractivity contribution in [3.05, 3.63) is 28.0 Å². The first-order valence-corrected chi connectivity index (χ1v) is 5.22. The number of imidazole rings is 1. The number of hydrogen-bond donors (Lipinski definition) is 1. The van der Waals surface area contributed by atoms with Gasteiger partial charge in [-0.15, -0.1) is 0 Å². The average molecular weight is 333 g/mol. The minimum Gasteiger partial charge on any atom is -0.334 e. The third-order valence-corrected chi connectivity index (χ3v) is 2.74. The van der Waals surface area contributed by atoms with Crippen LogP contribution in [-0.2, 0) is 12.4 Å². The quantitative estimate of drug-likeness (QED) is 0.713. The van der Waals surface area contributed by atoms with Gasteiger partial charge in [-0.1, -0.05) is 0 Å². The Bertz CT molecular complexity index is 597. The van der Waals surface area contributed by atoms with Crippen molar-refractivity contribution >= 4 is 27.0 Å². The summed E-state index contributed by atoms with van der Waals surface area (Å²) in [5.74, 6) is -1.34. The van der Waals surface area contributed by atoms with Gasteiger partial charge in [-0.25, -0.2) is 4.98 Å². The molecular weight excluding hydrogens is 330 g/mol. The second kappa shape index (κ2) is 3.87. The minimum atomic E-state index is -4.74. The lowest BCUT2D eigenvalue weighted by molar-refractivity contribution is -0.144. The molecule has 1 aromatic carbocycles. The van der Waals surface area contributed by atoms with Crippen molar-refractivity contribution in [2.24, 2.45) is 0 Å². The van der Waals surface area contributed by atoms with Crippen molar-refractivity contribution in [1.82, 2.24) is 9.97 Å². The normalized spacial score (nSPS) is 13.3. The van der Waals surface area contributed by atoms with Gasteiger partial charge in [0, 0.05) is 4.47 Å². The molecule has 0 unspecified atom stereocenters. The third-order valence-electron chi connectivity index (χ3n) is 2.14. The molecule has 0 fully saturated rings. The Kier molecular flexibility index (Phi) is 2.84. The van der Waals surface area contributed by atoms with Crippen molar-refractivity contribution in [3.8, 4) is 0 Å². The molecular formula is C9H3BrF6N2. The van der Waals surface area contributed by atoms with E-state index in [4.69, 9.17) is 0 Å². The van der Waals surface area contributed by atoms with E-state index in [0.29, 0.717) is 12.1 Å². The smallest absolute Gasteiger partial charge is 0.334 e. The lowest BCUT2D eigenvalue weighted by Gasteiger charge is -2.06. The van der Waals surface area contributed by atoms with E-state index in [1.807, 2.05) is 4.98 Å². The first kappa shape index (κ1) is 13.2. The van der Waals surface area contributed by atoms with Crippen LogP contribution in [0.25, 0.3) is 11.0 Å². The summed E-state index contributed by atoms with van der Waals surface area (Å²) in [6.07, 6.45) is -9.38. The van der Waals surface area contributed by atoms with Gasteiger partial charge >= 0.3 is 12.4 Å². The predicted octanol–water partition coefficient (Wildman–Crippen LogP) is 4.36. The fourth-order valence-corrected chi connectivity index (χ4v) is 1.92. The number of benzene rings is 1. The molecule has 0 amide bonds. The highest BCUT2D eigenvalue weighted by atomic mass is 79.9. The summed E-state index contributed by atoms with van der Waals surface area (Å²) in [6.45, 7) is 0. The Hall–Kier alpha value is -1.25. The maximum Gasteiger partial charge on any atom is 0.449 e. The van der Waals surface area contributed by atoms with Crippen molar-refractivity contribution in [2.75, 3.05) is 0 Å². The number of halogens is 7. The molecule has 0 aliphatic rings. The minimum absolute atomic E-state index is 0.154. The summed E-state index contributed by atoms with van der Waals surface area (Å²) in [5, 5.41) is 0. The van der Waals surface area contributed by atoms with Gasteiger partial charge < -0.3 is 4.98 Å². The number of fused-ring (bicyclic) bond motifs is 1. The maximum atomic E-state index is 12.5. The van der Waals surface area contributed by atoms with Gasteiger partial charge in [-0.3, -0.25) is 0 Å². The van der Waals surface area contributed by atoms with E-state index in [1.54, 1.807) is 0 Å². The van der Waals surface area contributed by atoms with Crippen LogP contribution in [0.3, 0.4) is 0 Å². The molecule has 0 saturated carbocycles. The molecule has 9 heteroatoms. The molecule has 1 N–H and O–H groups in total. The van der Waals surface area contributed by atoms with Crippen LogP contribution in [0.4, 0.5) is 26.3 Å². The van der Waals surface area contributed by atoms with E-state index in [-0.39, 0.29) is 15.5 Å². The van der Waals surface area contributed by atoms with Crippen LogP contribution in [0.2, 0.25) is 0 Å². The first-order chi connectivity index (χ1) is 8.09. The fourth-order valence-electron chi connectivity index (χ4n) is 1.37. The Morgan fingerprint density at radius 2 is 1.61 bits per heavy atom. The monoisotopic (exact) mass is 332 g/mol. The lowest BCUT2D eigenvalue weighted by atomic mass is 10.2. The Morgan fingerprint density at radius 3 is 2.11 bits per heavy atom. The summed E-state index contributed by atoms with van der Waals surface area (Å²) in [4.78, 5) is 5.03. The van der Waals surface area contributed by atoms with Crippen LogP contribution in [-0.4, -0.2) is 9.97 Å². The van der Waals surface area contributed by atoms with E-state index in [0.717, 1.165) is 0 Å². The SMILES string of the molecule is FC(F)(F)c1cc(Br)c2nc(C(F)(F)F)[nH]c2c1. The van der Waals surface area contributed by atoms with Crippen molar-refractivity contribution in [1.29, 1.82) is 0 Å². The largest absolute Gasteiger partial charge is 0.449 e. The van der Waals surface area contributed by atoms with Crippen LogP contribution in [0.5, 0.6) is 0 Å². The molecule has 98 valence electrons. The number of rotatable bonds is 0. The molecule has 0 bridgehead atoms. The number of aromatic amines is 1. The first-order valence-electron chi connectivity index (χ1n) is 4.42. The molecule has 1 heterocycles. The van der Waals surface area contributed by atoms with E-state index < -0.39 is 23.7 Å². The van der Waals surface area contributed by atoms with E-state index in [9.17, 15) is 26.3 Å². The van der Waals surface area contributed by atoms with Gasteiger partial charge in [0.1, 0.15) is 5.52 Å². The standard InChI is InChI=1S/C9H3BrF6N2/c10-4-1-3(8(11,12)13)2-5-6(4)18-7(17-5)9(14,15)16/h1-2H,(H,17,18). The van der Waals surface area contributed by atoms with Gasteiger partial charge in [0.25, 0.3) is 0 Å². The highest BCUT2D eigenvalue weighted by Crippen LogP contribution is 2.36. The number of nitrogens with one attached hydrogen (secondary N) is 1. The van der Waals surface area contributed by atoms with Crippen LogP contribution < -0.4 is 0 Å². The highest BCUT2D eigenvalue weighted by molar-refractivity contribution is 9.10. The van der Waals surface area contributed by atoms with Crippen LogP contribution in [0.1, 0.15) is 11.4 Å². The number of H-pyrrole nitrogens is 1. The van der Waals surface area contributed by atoms with Gasteiger partial charge in [0.05, 0.1) is 11.1 Å². The highest BCUT2D eigenvalue weighted by Gasteiger charge is 2.36. The van der Waals surface area contributed by atoms with Gasteiger partial charge in [-0.05, 0) is 28.1 Å². The van der Waals surface area contributed by atoms with E-state index >= 15 is 0 Å². The molecule has 0 radical (unpaired) electrons. The average Bonchev–Trinajstić information content (AvgIpc) is 2.59. The second-order valence-electron chi connectivity index (χ2n) is 3.44. The molecule has 0 atom stereocenters. The summed E-state index contributed by atoms with van der Waals surface area (Å²) >= 11 is 2.77. The zero-order chi connectivity index (χ0) is 13.7. The fraction of sp³-hybridized carbons (Fsp3) is 0.222. The molecule has 0 aliphatic heterocycles. The van der Waals surface area contributed by atoms with E-state index in [2.05, 4.69) is 20.9 Å². The Morgan fingerprint density at radius 1 is 1.00 bits per heavy atom. The lowest BCUT2D eigenvalue weighted by Crippen LogP contribution is -2.06. The summed E-state index contributed by atoms with van der Waals surface area (Å²) in [5.41, 5.74) is -1.58. The van der Waals surface area contributed by atoms with Crippen molar-refractivity contribution < 1.29 is 26.3 Å². The summed E-state index contributed by atoms with van der Waals surface area (Å²) in [7, 11) is 0. The topological polar surface area (TPSA) is 28.7 Å². The van der Waals surface area contributed by atoms with Crippen molar-refractivity contribution in [3.63, 3.8) is 0 Å². The summed E-state index contributed by atoms with van der Waals surface area (Å²) < 4.78 is 74.3. The summed E-state index contributed by atoms with van der Waals surface area (Å²) in [6, 6.07) is 1.27. The molecule has 1 aromatic heterocycles. The zero-order valence-corrected chi connectivity index (χ0v) is 9.83. The van der Waals surface area contributed by atoms with E-state index in [1.165, 1.54) is 0 Å². The number of alkyl halides is 6. The molecule has 2 nitrogen and oxygen atoms in total. The predicted molar refractivity (Wildman–Crippen MR) is 53.8 cm³/mol. The molecule has 0 saturated heterocycles. The molecule has 2 rings (SSSR count). The second-order valence-corrected chi connectivity index (χ2v) is 4.29. The molecule has 2 aromatic rings. The molecule has 0 aliphatic carbocycles.